The van der Waals surface area contributed by atoms with E-state index in [4.69, 9.17) is 10.3 Å². The van der Waals surface area contributed by atoms with Gasteiger partial charge in [-0.05, 0) is 18.6 Å². The highest BCUT2D eigenvalue weighted by Gasteiger charge is 2.20. The topological polar surface area (TPSA) is 80.4 Å². The SMILES string of the molecule is CC(c1ccccc1N)S(=O)(=O)O. The number of benzene rings is 1. The summed E-state index contributed by atoms with van der Waals surface area (Å²) < 4.78 is 30.3. The van der Waals surface area contributed by atoms with Crippen molar-refractivity contribution in [2.45, 2.75) is 12.2 Å². The number of rotatable bonds is 2. The Balaban J connectivity index is 3.17. The lowest BCUT2D eigenvalue weighted by atomic mass is 10.1. The second-order valence-electron chi connectivity index (χ2n) is 2.79. The standard InChI is InChI=1S/C8H11NO3S/c1-6(13(10,11)12)7-4-2-3-5-8(7)9/h2-6H,9H2,1H3,(H,10,11,12). The van der Waals surface area contributed by atoms with Crippen LogP contribution >= 0.6 is 0 Å². The van der Waals surface area contributed by atoms with E-state index in [1.807, 2.05) is 0 Å². The molecule has 0 bridgehead atoms. The molecule has 0 aliphatic rings. The number of nitrogens with two attached hydrogens (primary N) is 1. The van der Waals surface area contributed by atoms with Crippen LogP contribution in [0.25, 0.3) is 0 Å². The van der Waals surface area contributed by atoms with E-state index in [0.29, 0.717) is 11.3 Å². The van der Waals surface area contributed by atoms with Crippen LogP contribution in [0.4, 0.5) is 5.69 Å². The first-order valence-electron chi connectivity index (χ1n) is 3.73. The summed E-state index contributed by atoms with van der Waals surface area (Å²) in [4.78, 5) is 0. The van der Waals surface area contributed by atoms with Gasteiger partial charge in [-0.3, -0.25) is 4.55 Å². The molecule has 5 heteroatoms. The van der Waals surface area contributed by atoms with Crippen LogP contribution in [-0.4, -0.2) is 13.0 Å². The molecule has 0 saturated heterocycles. The molecule has 0 saturated carbocycles. The summed E-state index contributed by atoms with van der Waals surface area (Å²) in [5, 5.41) is -0.978. The van der Waals surface area contributed by atoms with E-state index >= 15 is 0 Å². The molecule has 1 aromatic rings. The molecule has 3 N–H and O–H groups in total. The molecule has 72 valence electrons. The minimum Gasteiger partial charge on any atom is -0.398 e. The molecule has 1 rings (SSSR count). The van der Waals surface area contributed by atoms with Crippen LogP contribution in [0.1, 0.15) is 17.7 Å². The van der Waals surface area contributed by atoms with Crippen molar-refractivity contribution in [2.75, 3.05) is 5.73 Å². The Morgan fingerprint density at radius 2 is 1.92 bits per heavy atom. The molecular formula is C8H11NO3S. The maximum Gasteiger partial charge on any atom is 0.271 e. The van der Waals surface area contributed by atoms with E-state index in [9.17, 15) is 8.42 Å². The average molecular weight is 201 g/mol. The van der Waals surface area contributed by atoms with Crippen LogP contribution in [0.5, 0.6) is 0 Å². The predicted molar refractivity (Wildman–Crippen MR) is 50.8 cm³/mol. The van der Waals surface area contributed by atoms with E-state index in [2.05, 4.69) is 0 Å². The fourth-order valence-corrected chi connectivity index (χ4v) is 1.58. The molecule has 0 amide bonds. The van der Waals surface area contributed by atoms with Gasteiger partial charge in [0, 0.05) is 5.69 Å². The molecule has 1 unspecified atom stereocenters. The van der Waals surface area contributed by atoms with Crippen LogP contribution < -0.4 is 5.73 Å². The lowest BCUT2D eigenvalue weighted by Gasteiger charge is -2.10. The molecule has 1 atom stereocenters. The van der Waals surface area contributed by atoms with Gasteiger partial charge in [0.15, 0.2) is 0 Å². The summed E-state index contributed by atoms with van der Waals surface area (Å²) in [6, 6.07) is 6.55. The zero-order valence-electron chi connectivity index (χ0n) is 7.14. The fourth-order valence-electron chi connectivity index (χ4n) is 1.04. The number of anilines is 1. The van der Waals surface area contributed by atoms with Crippen LogP contribution in [0.2, 0.25) is 0 Å². The van der Waals surface area contributed by atoms with Gasteiger partial charge >= 0.3 is 0 Å². The lowest BCUT2D eigenvalue weighted by molar-refractivity contribution is 0.472. The molecule has 0 spiro atoms. The Bertz CT molecular complexity index is 400. The van der Waals surface area contributed by atoms with Gasteiger partial charge < -0.3 is 5.73 Å². The van der Waals surface area contributed by atoms with E-state index in [0.717, 1.165) is 0 Å². The van der Waals surface area contributed by atoms with Crippen molar-refractivity contribution in [3.63, 3.8) is 0 Å². The van der Waals surface area contributed by atoms with E-state index in [1.54, 1.807) is 24.3 Å². The van der Waals surface area contributed by atoms with Crippen molar-refractivity contribution >= 4 is 15.8 Å². The number of para-hydroxylation sites is 1. The highest BCUT2D eigenvalue weighted by atomic mass is 32.2. The fraction of sp³-hybridized carbons (Fsp3) is 0.250. The van der Waals surface area contributed by atoms with Crippen molar-refractivity contribution in [1.82, 2.24) is 0 Å². The third-order valence-electron chi connectivity index (χ3n) is 1.88. The minimum atomic E-state index is -4.06. The molecule has 0 radical (unpaired) electrons. The zero-order valence-corrected chi connectivity index (χ0v) is 7.95. The Labute approximate surface area is 77.1 Å². The normalized spacial score (nSPS) is 14.0. The van der Waals surface area contributed by atoms with Crippen molar-refractivity contribution in [1.29, 1.82) is 0 Å². The van der Waals surface area contributed by atoms with Crippen molar-refractivity contribution in [2.24, 2.45) is 0 Å². The highest BCUT2D eigenvalue weighted by Crippen LogP contribution is 2.25. The first-order valence-corrected chi connectivity index (χ1v) is 5.24. The summed E-state index contributed by atoms with van der Waals surface area (Å²) in [5.74, 6) is 0. The highest BCUT2D eigenvalue weighted by molar-refractivity contribution is 7.86. The molecule has 13 heavy (non-hydrogen) atoms. The molecule has 0 aliphatic carbocycles. The Morgan fingerprint density at radius 3 is 2.38 bits per heavy atom. The third-order valence-corrected chi connectivity index (χ3v) is 3.03. The smallest absolute Gasteiger partial charge is 0.271 e. The van der Waals surface area contributed by atoms with Crippen LogP contribution in [0.3, 0.4) is 0 Å². The van der Waals surface area contributed by atoms with E-state index < -0.39 is 15.4 Å². The number of hydrogen-bond donors (Lipinski definition) is 2. The molecule has 1 aromatic carbocycles. The van der Waals surface area contributed by atoms with Crippen molar-refractivity contribution in [3.8, 4) is 0 Å². The monoisotopic (exact) mass is 201 g/mol. The molecule has 4 nitrogen and oxygen atoms in total. The molecule has 0 aromatic heterocycles. The van der Waals surface area contributed by atoms with Crippen LogP contribution in [0.15, 0.2) is 24.3 Å². The summed E-state index contributed by atoms with van der Waals surface area (Å²) in [6.45, 7) is 1.39. The molecule has 0 heterocycles. The molecule has 0 fully saturated rings. The molecular weight excluding hydrogens is 190 g/mol. The second kappa shape index (κ2) is 3.35. The number of nitrogen functional groups attached to an aromatic ring is 1. The minimum absolute atomic E-state index is 0.368. The van der Waals surface area contributed by atoms with Crippen LogP contribution in [-0.2, 0) is 10.1 Å². The van der Waals surface area contributed by atoms with Gasteiger partial charge in [0.2, 0.25) is 0 Å². The van der Waals surface area contributed by atoms with Gasteiger partial charge in [-0.1, -0.05) is 18.2 Å². The van der Waals surface area contributed by atoms with Gasteiger partial charge in [0.05, 0.1) is 0 Å². The summed E-state index contributed by atoms with van der Waals surface area (Å²) in [7, 11) is -4.06. The Morgan fingerprint density at radius 1 is 1.38 bits per heavy atom. The van der Waals surface area contributed by atoms with Gasteiger partial charge in [0.1, 0.15) is 5.25 Å². The summed E-state index contributed by atoms with van der Waals surface area (Å²) in [6.07, 6.45) is 0. The van der Waals surface area contributed by atoms with Crippen molar-refractivity contribution < 1.29 is 13.0 Å². The first kappa shape index (κ1) is 10.0. The summed E-state index contributed by atoms with van der Waals surface area (Å²) >= 11 is 0. The maximum atomic E-state index is 10.8. The average Bonchev–Trinajstić information content (AvgIpc) is 2.02. The third kappa shape index (κ3) is 2.19. The van der Waals surface area contributed by atoms with E-state index in [-0.39, 0.29) is 0 Å². The van der Waals surface area contributed by atoms with Crippen LogP contribution in [0, 0.1) is 0 Å². The first-order chi connectivity index (χ1) is 5.93. The van der Waals surface area contributed by atoms with Gasteiger partial charge in [-0.15, -0.1) is 0 Å². The predicted octanol–water partition coefficient (Wildman–Crippen LogP) is 1.22. The quantitative estimate of drug-likeness (QED) is 0.557. The van der Waals surface area contributed by atoms with Crippen molar-refractivity contribution in [3.05, 3.63) is 29.8 Å². The van der Waals surface area contributed by atoms with Gasteiger partial charge in [0.25, 0.3) is 10.1 Å². The summed E-state index contributed by atoms with van der Waals surface area (Å²) in [5.41, 5.74) is 6.33. The molecule has 0 aliphatic heterocycles. The largest absolute Gasteiger partial charge is 0.398 e. The van der Waals surface area contributed by atoms with Gasteiger partial charge in [-0.2, -0.15) is 8.42 Å². The van der Waals surface area contributed by atoms with Gasteiger partial charge in [-0.25, -0.2) is 0 Å². The maximum absolute atomic E-state index is 10.8. The second-order valence-corrected chi connectivity index (χ2v) is 4.52. The number of hydrogen-bond acceptors (Lipinski definition) is 3. The zero-order chi connectivity index (χ0) is 10.1. The Hall–Kier alpha value is -1.07. The Kier molecular flexibility index (Phi) is 2.58. The lowest BCUT2D eigenvalue weighted by Crippen LogP contribution is -2.10. The van der Waals surface area contributed by atoms with E-state index in [1.165, 1.54) is 6.92 Å².